The number of hydrogen-bond acceptors (Lipinski definition) is 6. The molecule has 3 aromatic rings. The molecule has 1 aliphatic rings. The van der Waals surface area contributed by atoms with Gasteiger partial charge in [0.1, 0.15) is 23.1 Å². The Hall–Kier alpha value is -3.04. The topological polar surface area (TPSA) is 79.4 Å². The zero-order valence-electron chi connectivity index (χ0n) is 18.1. The second-order valence-corrected chi connectivity index (χ2v) is 7.94. The SMILES string of the molecule is Cc1cc(NC(=O)CN2CCN(Cc3c(C)noc3C)CC2)n(-c2ccccc2F)n1. The summed E-state index contributed by atoms with van der Waals surface area (Å²) in [4.78, 5) is 17.1. The summed E-state index contributed by atoms with van der Waals surface area (Å²) in [5.41, 5.74) is 3.08. The van der Waals surface area contributed by atoms with Gasteiger partial charge in [-0.2, -0.15) is 5.10 Å². The molecule has 0 saturated carbocycles. The van der Waals surface area contributed by atoms with E-state index in [2.05, 4.69) is 25.4 Å². The van der Waals surface area contributed by atoms with Gasteiger partial charge in [-0.05, 0) is 32.9 Å². The Kier molecular flexibility index (Phi) is 6.15. The van der Waals surface area contributed by atoms with Gasteiger partial charge < -0.3 is 9.84 Å². The number of aromatic nitrogens is 3. The molecule has 4 rings (SSSR count). The van der Waals surface area contributed by atoms with Crippen molar-refractivity contribution in [3.63, 3.8) is 0 Å². The highest BCUT2D eigenvalue weighted by molar-refractivity contribution is 5.91. The molecule has 164 valence electrons. The van der Waals surface area contributed by atoms with Crippen LogP contribution in [0.5, 0.6) is 0 Å². The van der Waals surface area contributed by atoms with Crippen molar-refractivity contribution < 1.29 is 13.7 Å². The van der Waals surface area contributed by atoms with Crippen LogP contribution in [0, 0.1) is 26.6 Å². The van der Waals surface area contributed by atoms with Crippen LogP contribution in [0.15, 0.2) is 34.9 Å². The van der Waals surface area contributed by atoms with Crippen molar-refractivity contribution >= 4 is 11.7 Å². The number of carbonyl (C=O) groups excluding carboxylic acids is 1. The first-order valence-corrected chi connectivity index (χ1v) is 10.4. The van der Waals surface area contributed by atoms with Gasteiger partial charge in [0.15, 0.2) is 0 Å². The van der Waals surface area contributed by atoms with E-state index in [0.717, 1.165) is 49.7 Å². The maximum absolute atomic E-state index is 14.2. The van der Waals surface area contributed by atoms with Crippen LogP contribution >= 0.6 is 0 Å². The Labute approximate surface area is 180 Å². The quantitative estimate of drug-likeness (QED) is 0.653. The molecular formula is C22H27FN6O2. The van der Waals surface area contributed by atoms with Gasteiger partial charge in [0.05, 0.1) is 17.9 Å². The highest BCUT2D eigenvalue weighted by atomic mass is 19.1. The van der Waals surface area contributed by atoms with E-state index in [4.69, 9.17) is 4.52 Å². The van der Waals surface area contributed by atoms with E-state index in [1.54, 1.807) is 24.3 Å². The summed E-state index contributed by atoms with van der Waals surface area (Å²) in [5, 5.41) is 11.2. The van der Waals surface area contributed by atoms with Gasteiger partial charge in [-0.25, -0.2) is 9.07 Å². The average Bonchev–Trinajstić information content (AvgIpc) is 3.25. The van der Waals surface area contributed by atoms with Crippen LogP contribution in [-0.4, -0.2) is 63.4 Å². The van der Waals surface area contributed by atoms with E-state index in [-0.39, 0.29) is 12.5 Å². The summed E-state index contributed by atoms with van der Waals surface area (Å²) in [6, 6.07) is 8.11. The van der Waals surface area contributed by atoms with Crippen LogP contribution in [0.4, 0.5) is 10.2 Å². The maximum atomic E-state index is 14.2. The second kappa shape index (κ2) is 8.99. The van der Waals surface area contributed by atoms with Crippen molar-refractivity contribution in [2.75, 3.05) is 38.0 Å². The zero-order valence-corrected chi connectivity index (χ0v) is 18.1. The predicted molar refractivity (Wildman–Crippen MR) is 115 cm³/mol. The molecule has 1 aliphatic heterocycles. The van der Waals surface area contributed by atoms with Crippen LogP contribution in [0.1, 0.15) is 22.7 Å². The van der Waals surface area contributed by atoms with Gasteiger partial charge in [0.2, 0.25) is 5.91 Å². The molecule has 1 N–H and O–H groups in total. The van der Waals surface area contributed by atoms with Gasteiger partial charge in [0.25, 0.3) is 0 Å². The minimum absolute atomic E-state index is 0.142. The van der Waals surface area contributed by atoms with Gasteiger partial charge in [-0.1, -0.05) is 17.3 Å². The molecule has 1 amide bonds. The van der Waals surface area contributed by atoms with Crippen LogP contribution in [0.25, 0.3) is 5.69 Å². The first kappa shape index (κ1) is 21.2. The predicted octanol–water partition coefficient (Wildman–Crippen LogP) is 2.68. The third-order valence-corrected chi connectivity index (χ3v) is 5.57. The molecule has 0 bridgehead atoms. The molecule has 2 aromatic heterocycles. The van der Waals surface area contributed by atoms with Gasteiger partial charge in [-0.3, -0.25) is 14.6 Å². The summed E-state index contributed by atoms with van der Waals surface area (Å²) >= 11 is 0. The van der Waals surface area contributed by atoms with Crippen LogP contribution in [0.3, 0.4) is 0 Å². The number of nitrogens with zero attached hydrogens (tertiary/aromatic N) is 5. The lowest BCUT2D eigenvalue weighted by Crippen LogP contribution is -2.48. The molecule has 0 atom stereocenters. The number of benzene rings is 1. The Morgan fingerprint density at radius 1 is 1.13 bits per heavy atom. The Bertz CT molecular complexity index is 1050. The Morgan fingerprint density at radius 3 is 2.52 bits per heavy atom. The summed E-state index contributed by atoms with van der Waals surface area (Å²) in [5.74, 6) is 0.790. The summed E-state index contributed by atoms with van der Waals surface area (Å²) in [7, 11) is 0. The lowest BCUT2D eigenvalue weighted by atomic mass is 10.2. The minimum Gasteiger partial charge on any atom is -0.361 e. The molecule has 31 heavy (non-hydrogen) atoms. The fraction of sp³-hybridized carbons (Fsp3) is 0.409. The number of para-hydroxylation sites is 1. The molecule has 1 fully saturated rings. The van der Waals surface area contributed by atoms with Crippen LogP contribution in [-0.2, 0) is 11.3 Å². The highest BCUT2D eigenvalue weighted by Gasteiger charge is 2.22. The first-order valence-electron chi connectivity index (χ1n) is 10.4. The number of halogens is 1. The molecular weight excluding hydrogens is 399 g/mol. The van der Waals surface area contributed by atoms with E-state index < -0.39 is 5.82 Å². The standard InChI is InChI=1S/C22H27FN6O2/c1-15-12-21(29(25-15)20-7-5-4-6-19(20)23)24-22(30)14-28-10-8-27(9-11-28)13-18-16(2)26-31-17(18)3/h4-7,12H,8-11,13-14H2,1-3H3,(H,24,30). The van der Waals surface area contributed by atoms with E-state index in [1.807, 2.05) is 20.8 Å². The average molecular weight is 426 g/mol. The number of amides is 1. The number of aryl methyl sites for hydroxylation is 3. The smallest absolute Gasteiger partial charge is 0.239 e. The third kappa shape index (κ3) is 4.83. The van der Waals surface area contributed by atoms with Crippen molar-refractivity contribution in [1.29, 1.82) is 0 Å². The number of rotatable bonds is 6. The molecule has 0 radical (unpaired) electrons. The van der Waals surface area contributed by atoms with Crippen LogP contribution < -0.4 is 5.32 Å². The third-order valence-electron chi connectivity index (χ3n) is 5.57. The molecule has 1 aromatic carbocycles. The van der Waals surface area contributed by atoms with E-state index >= 15 is 0 Å². The van der Waals surface area contributed by atoms with E-state index in [9.17, 15) is 9.18 Å². The van der Waals surface area contributed by atoms with Gasteiger partial charge >= 0.3 is 0 Å². The maximum Gasteiger partial charge on any atom is 0.239 e. The molecule has 0 aliphatic carbocycles. The Balaban J connectivity index is 1.33. The highest BCUT2D eigenvalue weighted by Crippen LogP contribution is 2.20. The van der Waals surface area contributed by atoms with E-state index in [1.165, 1.54) is 10.7 Å². The molecule has 0 spiro atoms. The molecule has 1 saturated heterocycles. The molecule has 3 heterocycles. The number of carbonyl (C=O) groups is 1. The normalized spacial score (nSPS) is 15.4. The number of hydrogen-bond donors (Lipinski definition) is 1. The fourth-order valence-corrected chi connectivity index (χ4v) is 3.84. The molecule has 8 nitrogen and oxygen atoms in total. The summed E-state index contributed by atoms with van der Waals surface area (Å²) in [6.45, 7) is 10.1. The van der Waals surface area contributed by atoms with Crippen molar-refractivity contribution in [3.05, 3.63) is 58.9 Å². The van der Waals surface area contributed by atoms with Gasteiger partial charge in [0, 0.05) is 44.4 Å². The van der Waals surface area contributed by atoms with Gasteiger partial charge in [-0.15, -0.1) is 0 Å². The van der Waals surface area contributed by atoms with Crippen LogP contribution in [0.2, 0.25) is 0 Å². The lowest BCUT2D eigenvalue weighted by Gasteiger charge is -2.34. The summed E-state index contributed by atoms with van der Waals surface area (Å²) < 4.78 is 20.9. The molecule has 9 heteroatoms. The van der Waals surface area contributed by atoms with Crippen molar-refractivity contribution in [1.82, 2.24) is 24.7 Å². The minimum atomic E-state index is -0.393. The van der Waals surface area contributed by atoms with Crippen molar-refractivity contribution in [2.45, 2.75) is 27.3 Å². The largest absolute Gasteiger partial charge is 0.361 e. The summed E-state index contributed by atoms with van der Waals surface area (Å²) in [6.07, 6.45) is 0. The monoisotopic (exact) mass is 426 g/mol. The second-order valence-electron chi connectivity index (χ2n) is 7.94. The molecule has 0 unspecified atom stereocenters. The Morgan fingerprint density at radius 2 is 1.84 bits per heavy atom. The fourth-order valence-electron chi connectivity index (χ4n) is 3.84. The zero-order chi connectivity index (χ0) is 22.0. The first-order chi connectivity index (χ1) is 14.9. The lowest BCUT2D eigenvalue weighted by molar-refractivity contribution is -0.117. The number of anilines is 1. The number of piperazine rings is 1. The van der Waals surface area contributed by atoms with Crippen molar-refractivity contribution in [3.8, 4) is 5.69 Å². The number of nitrogens with one attached hydrogen (secondary N) is 1. The van der Waals surface area contributed by atoms with Crippen molar-refractivity contribution in [2.24, 2.45) is 0 Å². The van der Waals surface area contributed by atoms with E-state index in [0.29, 0.717) is 17.2 Å².